The van der Waals surface area contributed by atoms with Gasteiger partial charge in [0.1, 0.15) is 5.75 Å². The third-order valence-electron chi connectivity index (χ3n) is 4.28. The smallest absolute Gasteiger partial charge is 0.115 e. The monoisotopic (exact) mass is 297 g/mol. The van der Waals surface area contributed by atoms with Crippen LogP contribution < -0.4 is 5.32 Å². The third-order valence-corrected chi connectivity index (χ3v) is 4.28. The normalized spacial score (nSPS) is 31.0. The average Bonchev–Trinajstić information content (AvgIpc) is 2.40. The molecule has 0 aromatic heterocycles. The lowest BCUT2D eigenvalue weighted by Gasteiger charge is -2.38. The first-order valence-electron chi connectivity index (χ1n) is 6.20. The number of hydrogen-bond acceptors (Lipinski definition) is 2. The van der Waals surface area contributed by atoms with E-state index in [1.165, 1.54) is 24.0 Å². The standard InChI is InChI=1S/C14H19NO.BrH/c1-14-4-5-15-9-10(8-14)6-11-2-3-12(16)7-13(11)14;/h2-3,7,10,15-16H,4-6,8-9H2,1H3;1H. The first kappa shape index (κ1) is 12.9. The van der Waals surface area contributed by atoms with Gasteiger partial charge in [0.05, 0.1) is 0 Å². The van der Waals surface area contributed by atoms with Crippen LogP contribution in [-0.4, -0.2) is 18.2 Å². The number of aromatic hydroxyl groups is 1. The van der Waals surface area contributed by atoms with Gasteiger partial charge in [-0.25, -0.2) is 0 Å². The Bertz CT molecular complexity index is 421. The Labute approximate surface area is 113 Å². The molecule has 0 radical (unpaired) electrons. The van der Waals surface area contributed by atoms with Gasteiger partial charge >= 0.3 is 0 Å². The van der Waals surface area contributed by atoms with Gasteiger partial charge in [0, 0.05) is 0 Å². The number of fused-ring (bicyclic) bond motifs is 4. The molecule has 2 atom stereocenters. The van der Waals surface area contributed by atoms with Gasteiger partial charge in [-0.3, -0.25) is 0 Å². The van der Waals surface area contributed by atoms with Crippen LogP contribution in [0.25, 0.3) is 0 Å². The summed E-state index contributed by atoms with van der Waals surface area (Å²) in [4.78, 5) is 0. The second kappa shape index (κ2) is 4.62. The molecular formula is C14H20BrNO. The molecule has 1 fully saturated rings. The second-order valence-corrected chi connectivity index (χ2v) is 5.63. The number of benzene rings is 1. The van der Waals surface area contributed by atoms with Crippen molar-refractivity contribution >= 4 is 17.0 Å². The average molecular weight is 298 g/mol. The van der Waals surface area contributed by atoms with E-state index in [1.807, 2.05) is 12.1 Å². The number of halogens is 1. The van der Waals surface area contributed by atoms with Crippen molar-refractivity contribution in [1.29, 1.82) is 0 Å². The second-order valence-electron chi connectivity index (χ2n) is 5.63. The molecule has 2 bridgehead atoms. The van der Waals surface area contributed by atoms with Gasteiger partial charge in [-0.15, -0.1) is 17.0 Å². The SMILES string of the molecule is Br.CC12CCNCC(Cc3ccc(O)cc31)C2. The van der Waals surface area contributed by atoms with Gasteiger partial charge in [-0.2, -0.15) is 0 Å². The van der Waals surface area contributed by atoms with Crippen LogP contribution in [0.3, 0.4) is 0 Å². The Balaban J connectivity index is 0.00000108. The van der Waals surface area contributed by atoms with Crippen molar-refractivity contribution in [2.75, 3.05) is 13.1 Å². The zero-order chi connectivity index (χ0) is 11.2. The minimum absolute atomic E-state index is 0. The number of rotatable bonds is 0. The molecule has 3 heteroatoms. The molecule has 2 aliphatic rings. The zero-order valence-electron chi connectivity index (χ0n) is 10.2. The fourth-order valence-corrected chi connectivity index (χ4v) is 3.49. The molecule has 0 saturated carbocycles. The van der Waals surface area contributed by atoms with Crippen molar-refractivity contribution in [3.63, 3.8) is 0 Å². The molecule has 2 N–H and O–H groups in total. The van der Waals surface area contributed by atoms with Gasteiger partial charge in [0.15, 0.2) is 0 Å². The van der Waals surface area contributed by atoms with E-state index in [9.17, 15) is 5.11 Å². The molecule has 2 unspecified atom stereocenters. The van der Waals surface area contributed by atoms with Gasteiger partial charge in [0.2, 0.25) is 0 Å². The van der Waals surface area contributed by atoms with Crippen LogP contribution >= 0.6 is 17.0 Å². The first-order chi connectivity index (χ1) is 7.67. The molecule has 1 heterocycles. The zero-order valence-corrected chi connectivity index (χ0v) is 11.9. The Morgan fingerprint density at radius 3 is 3.06 bits per heavy atom. The van der Waals surface area contributed by atoms with Crippen molar-refractivity contribution in [2.45, 2.75) is 31.6 Å². The number of phenolic OH excluding ortho intramolecular Hbond substituents is 1. The van der Waals surface area contributed by atoms with Gasteiger partial charge in [-0.05, 0) is 66.9 Å². The maximum absolute atomic E-state index is 9.65. The number of hydrogen-bond donors (Lipinski definition) is 2. The summed E-state index contributed by atoms with van der Waals surface area (Å²) < 4.78 is 0. The van der Waals surface area contributed by atoms with Crippen LogP contribution in [0.15, 0.2) is 18.2 Å². The highest BCUT2D eigenvalue weighted by Crippen LogP contribution is 2.44. The van der Waals surface area contributed by atoms with Crippen LogP contribution in [0.2, 0.25) is 0 Å². The van der Waals surface area contributed by atoms with E-state index in [0.717, 1.165) is 25.4 Å². The molecule has 1 saturated heterocycles. The minimum atomic E-state index is 0. The summed E-state index contributed by atoms with van der Waals surface area (Å²) in [5, 5.41) is 13.2. The predicted molar refractivity (Wildman–Crippen MR) is 75.1 cm³/mol. The summed E-state index contributed by atoms with van der Waals surface area (Å²) in [5.41, 5.74) is 3.09. The lowest BCUT2D eigenvalue weighted by atomic mass is 9.66. The van der Waals surface area contributed by atoms with E-state index in [2.05, 4.69) is 18.3 Å². The first-order valence-corrected chi connectivity index (χ1v) is 6.20. The molecule has 94 valence electrons. The Kier molecular flexibility index (Phi) is 3.50. The summed E-state index contributed by atoms with van der Waals surface area (Å²) in [6, 6.07) is 5.92. The highest BCUT2D eigenvalue weighted by Gasteiger charge is 2.37. The van der Waals surface area contributed by atoms with E-state index in [0.29, 0.717) is 5.75 Å². The Morgan fingerprint density at radius 2 is 2.24 bits per heavy atom. The summed E-state index contributed by atoms with van der Waals surface area (Å²) >= 11 is 0. The summed E-state index contributed by atoms with van der Waals surface area (Å²) in [7, 11) is 0. The maximum Gasteiger partial charge on any atom is 0.115 e. The third kappa shape index (κ3) is 2.23. The maximum atomic E-state index is 9.65. The molecule has 1 aromatic rings. The van der Waals surface area contributed by atoms with Crippen molar-refractivity contribution in [1.82, 2.24) is 5.32 Å². The fourth-order valence-electron chi connectivity index (χ4n) is 3.49. The number of phenols is 1. The van der Waals surface area contributed by atoms with Crippen molar-refractivity contribution in [3.8, 4) is 5.75 Å². The molecular weight excluding hydrogens is 278 g/mol. The van der Waals surface area contributed by atoms with Crippen LogP contribution in [0.5, 0.6) is 5.75 Å². The van der Waals surface area contributed by atoms with E-state index in [4.69, 9.17) is 0 Å². The lowest BCUT2D eigenvalue weighted by Crippen LogP contribution is -2.32. The van der Waals surface area contributed by atoms with Gasteiger partial charge in [-0.1, -0.05) is 13.0 Å². The minimum Gasteiger partial charge on any atom is -0.508 e. The van der Waals surface area contributed by atoms with Crippen molar-refractivity contribution in [2.24, 2.45) is 5.92 Å². The lowest BCUT2D eigenvalue weighted by molar-refractivity contribution is 0.322. The molecule has 0 amide bonds. The van der Waals surface area contributed by atoms with Crippen molar-refractivity contribution < 1.29 is 5.11 Å². The largest absolute Gasteiger partial charge is 0.508 e. The highest BCUT2D eigenvalue weighted by atomic mass is 79.9. The summed E-state index contributed by atoms with van der Waals surface area (Å²) in [5.74, 6) is 1.18. The number of nitrogens with one attached hydrogen (secondary N) is 1. The van der Waals surface area contributed by atoms with Crippen molar-refractivity contribution in [3.05, 3.63) is 29.3 Å². The van der Waals surface area contributed by atoms with Crippen LogP contribution in [0.1, 0.15) is 30.9 Å². The molecule has 17 heavy (non-hydrogen) atoms. The molecule has 3 rings (SSSR count). The molecule has 1 aliphatic heterocycles. The quantitative estimate of drug-likeness (QED) is 0.772. The van der Waals surface area contributed by atoms with E-state index in [-0.39, 0.29) is 22.4 Å². The highest BCUT2D eigenvalue weighted by molar-refractivity contribution is 8.93. The van der Waals surface area contributed by atoms with E-state index < -0.39 is 0 Å². The Morgan fingerprint density at radius 1 is 1.41 bits per heavy atom. The molecule has 0 spiro atoms. The predicted octanol–water partition coefficient (Wildman–Crippen LogP) is 2.78. The van der Waals surface area contributed by atoms with Gasteiger partial charge < -0.3 is 10.4 Å². The molecule has 1 aromatic carbocycles. The van der Waals surface area contributed by atoms with E-state index >= 15 is 0 Å². The molecule has 2 nitrogen and oxygen atoms in total. The topological polar surface area (TPSA) is 32.3 Å². The van der Waals surface area contributed by atoms with E-state index in [1.54, 1.807) is 0 Å². The van der Waals surface area contributed by atoms with Crippen LogP contribution in [-0.2, 0) is 11.8 Å². The van der Waals surface area contributed by atoms with Crippen LogP contribution in [0.4, 0.5) is 0 Å². The fraction of sp³-hybridized carbons (Fsp3) is 0.571. The molecule has 1 aliphatic carbocycles. The summed E-state index contributed by atoms with van der Waals surface area (Å²) in [6.07, 6.45) is 3.61. The van der Waals surface area contributed by atoms with Gasteiger partial charge in [0.25, 0.3) is 0 Å². The Hall–Kier alpha value is -0.540. The van der Waals surface area contributed by atoms with Crippen LogP contribution in [0, 0.1) is 5.92 Å². The summed E-state index contributed by atoms with van der Waals surface area (Å²) in [6.45, 7) is 4.60.